The Morgan fingerprint density at radius 2 is 1.69 bits per heavy atom. The molecule has 0 unspecified atom stereocenters. The van der Waals surface area contributed by atoms with E-state index in [2.05, 4.69) is 9.88 Å². The van der Waals surface area contributed by atoms with Gasteiger partial charge in [-0.3, -0.25) is 4.79 Å². The third kappa shape index (κ3) is 5.26. The highest BCUT2D eigenvalue weighted by Crippen LogP contribution is 2.17. The summed E-state index contributed by atoms with van der Waals surface area (Å²) in [5.41, 5.74) is 0. The minimum Gasteiger partial charge on any atom is -0.494 e. The first kappa shape index (κ1) is 18.8. The summed E-state index contributed by atoms with van der Waals surface area (Å²) >= 11 is 11.7. The van der Waals surface area contributed by atoms with Gasteiger partial charge < -0.3 is 14.5 Å². The number of rotatable bonds is 6. The Balaban J connectivity index is 1.37. The van der Waals surface area contributed by atoms with Crippen LogP contribution in [-0.4, -0.2) is 48.6 Å². The third-order valence-electron chi connectivity index (χ3n) is 4.29. The van der Waals surface area contributed by atoms with E-state index in [-0.39, 0.29) is 5.91 Å². The minimum atomic E-state index is 0.174. The van der Waals surface area contributed by atoms with Crippen LogP contribution in [-0.2, 0) is 4.79 Å². The maximum atomic E-state index is 12.3. The van der Waals surface area contributed by atoms with E-state index in [1.165, 1.54) is 0 Å². The molecule has 1 aliphatic heterocycles. The van der Waals surface area contributed by atoms with Crippen LogP contribution in [0, 0.1) is 0 Å². The molecule has 2 heterocycles. The van der Waals surface area contributed by atoms with Crippen molar-refractivity contribution in [1.82, 2.24) is 9.88 Å². The predicted molar refractivity (Wildman–Crippen MR) is 104 cm³/mol. The Labute approximate surface area is 163 Å². The molecule has 0 saturated carbocycles. The van der Waals surface area contributed by atoms with Gasteiger partial charge in [0.05, 0.1) is 11.6 Å². The number of amides is 1. The fourth-order valence-electron chi connectivity index (χ4n) is 2.84. The number of piperazine rings is 1. The van der Waals surface area contributed by atoms with Crippen molar-refractivity contribution in [2.24, 2.45) is 0 Å². The number of carbonyl (C=O) groups excluding carboxylic acids is 1. The van der Waals surface area contributed by atoms with Crippen LogP contribution in [0.2, 0.25) is 10.0 Å². The lowest BCUT2D eigenvalue weighted by molar-refractivity contribution is -0.131. The molecule has 0 radical (unpaired) electrons. The number of hydrogen-bond donors (Lipinski definition) is 0. The van der Waals surface area contributed by atoms with E-state index in [9.17, 15) is 4.79 Å². The van der Waals surface area contributed by atoms with Gasteiger partial charge in [0.25, 0.3) is 0 Å². The van der Waals surface area contributed by atoms with Crippen LogP contribution in [0.1, 0.15) is 12.8 Å². The minimum absolute atomic E-state index is 0.174. The summed E-state index contributed by atoms with van der Waals surface area (Å²) in [7, 11) is 0. The number of pyridine rings is 1. The Kier molecular flexibility index (Phi) is 6.58. The van der Waals surface area contributed by atoms with Gasteiger partial charge in [0.1, 0.15) is 11.6 Å². The van der Waals surface area contributed by atoms with Gasteiger partial charge in [-0.15, -0.1) is 0 Å². The van der Waals surface area contributed by atoms with Crippen LogP contribution < -0.4 is 9.64 Å². The van der Waals surface area contributed by atoms with Crippen molar-refractivity contribution in [1.29, 1.82) is 0 Å². The zero-order valence-electron chi connectivity index (χ0n) is 14.4. The van der Waals surface area contributed by atoms with E-state index in [1.54, 1.807) is 18.3 Å². The molecule has 5 nitrogen and oxygen atoms in total. The molecule has 0 bridgehead atoms. The molecular weight excluding hydrogens is 373 g/mol. The first-order valence-corrected chi connectivity index (χ1v) is 9.40. The van der Waals surface area contributed by atoms with Crippen molar-refractivity contribution in [2.45, 2.75) is 12.8 Å². The predicted octanol–water partition coefficient (Wildman–Crippen LogP) is 3.90. The van der Waals surface area contributed by atoms with Crippen LogP contribution in [0.3, 0.4) is 0 Å². The van der Waals surface area contributed by atoms with E-state index in [0.29, 0.717) is 42.6 Å². The van der Waals surface area contributed by atoms with Crippen LogP contribution in [0.4, 0.5) is 5.82 Å². The van der Waals surface area contributed by atoms with Crippen molar-refractivity contribution in [2.75, 3.05) is 37.7 Å². The molecule has 3 rings (SSSR count). The monoisotopic (exact) mass is 393 g/mol. The lowest BCUT2D eigenvalue weighted by Crippen LogP contribution is -2.49. The summed E-state index contributed by atoms with van der Waals surface area (Å²) < 4.78 is 5.63. The van der Waals surface area contributed by atoms with E-state index in [4.69, 9.17) is 27.9 Å². The molecule has 138 valence electrons. The van der Waals surface area contributed by atoms with Gasteiger partial charge in [-0.2, -0.15) is 0 Å². The maximum absolute atomic E-state index is 12.3. The molecule has 0 spiro atoms. The number of aromatic nitrogens is 1. The van der Waals surface area contributed by atoms with Gasteiger partial charge in [0.2, 0.25) is 5.91 Å². The molecule has 0 atom stereocenters. The highest BCUT2D eigenvalue weighted by molar-refractivity contribution is 6.30. The van der Waals surface area contributed by atoms with Crippen molar-refractivity contribution in [3.8, 4) is 5.75 Å². The first-order chi connectivity index (χ1) is 12.6. The third-order valence-corrected chi connectivity index (χ3v) is 4.76. The molecule has 1 aliphatic rings. The largest absolute Gasteiger partial charge is 0.494 e. The number of hydrogen-bond acceptors (Lipinski definition) is 4. The number of nitrogens with zero attached hydrogens (tertiary/aromatic N) is 3. The summed E-state index contributed by atoms with van der Waals surface area (Å²) in [5.74, 6) is 1.84. The van der Waals surface area contributed by atoms with Crippen molar-refractivity contribution in [3.63, 3.8) is 0 Å². The molecule has 1 fully saturated rings. The topological polar surface area (TPSA) is 45.7 Å². The Morgan fingerprint density at radius 3 is 2.35 bits per heavy atom. The number of ether oxygens (including phenoxy) is 1. The first-order valence-electron chi connectivity index (χ1n) is 8.64. The molecule has 0 aliphatic carbocycles. The molecule has 26 heavy (non-hydrogen) atoms. The Bertz CT molecular complexity index is 715. The molecule has 1 aromatic heterocycles. The summed E-state index contributed by atoms with van der Waals surface area (Å²) in [6.07, 6.45) is 2.84. The van der Waals surface area contributed by atoms with E-state index in [1.807, 2.05) is 29.2 Å². The second kappa shape index (κ2) is 9.10. The van der Waals surface area contributed by atoms with E-state index >= 15 is 0 Å². The van der Waals surface area contributed by atoms with Crippen LogP contribution in [0.5, 0.6) is 5.75 Å². The van der Waals surface area contributed by atoms with Crippen LogP contribution in [0.25, 0.3) is 0 Å². The maximum Gasteiger partial charge on any atom is 0.222 e. The lowest BCUT2D eigenvalue weighted by Gasteiger charge is -2.35. The summed E-state index contributed by atoms with van der Waals surface area (Å²) in [5, 5.41) is 1.31. The fourth-order valence-corrected chi connectivity index (χ4v) is 3.08. The molecule has 7 heteroatoms. The quantitative estimate of drug-likeness (QED) is 0.698. The van der Waals surface area contributed by atoms with Crippen molar-refractivity contribution < 1.29 is 9.53 Å². The van der Waals surface area contributed by atoms with Crippen LogP contribution in [0.15, 0.2) is 42.6 Å². The molecule has 0 N–H and O–H groups in total. The number of benzene rings is 1. The van der Waals surface area contributed by atoms with Gasteiger partial charge in [0, 0.05) is 43.8 Å². The van der Waals surface area contributed by atoms with E-state index in [0.717, 1.165) is 24.7 Å². The van der Waals surface area contributed by atoms with Gasteiger partial charge in [-0.1, -0.05) is 23.2 Å². The molecule has 1 saturated heterocycles. The summed E-state index contributed by atoms with van der Waals surface area (Å²) in [6, 6.07) is 11.0. The highest BCUT2D eigenvalue weighted by Gasteiger charge is 2.21. The molecule has 1 aromatic carbocycles. The van der Waals surface area contributed by atoms with Crippen LogP contribution >= 0.6 is 23.2 Å². The fraction of sp³-hybridized carbons (Fsp3) is 0.368. The van der Waals surface area contributed by atoms with Gasteiger partial charge in [-0.05, 0) is 42.8 Å². The zero-order chi connectivity index (χ0) is 18.4. The van der Waals surface area contributed by atoms with Crippen molar-refractivity contribution in [3.05, 3.63) is 52.6 Å². The lowest BCUT2D eigenvalue weighted by atomic mass is 10.2. The molecule has 2 aromatic rings. The summed E-state index contributed by atoms with van der Waals surface area (Å²) in [6.45, 7) is 3.49. The smallest absolute Gasteiger partial charge is 0.222 e. The van der Waals surface area contributed by atoms with Gasteiger partial charge in [-0.25, -0.2) is 4.98 Å². The zero-order valence-corrected chi connectivity index (χ0v) is 15.9. The average molecular weight is 394 g/mol. The standard InChI is InChI=1S/C19H21Cl2N3O2/c20-15-3-6-17(7-4-15)26-13-1-2-19(25)24-11-9-23(10-12-24)18-8-5-16(21)14-22-18/h3-8,14H,1-2,9-13H2. The normalized spacial score (nSPS) is 14.4. The van der Waals surface area contributed by atoms with E-state index < -0.39 is 0 Å². The molecule has 1 amide bonds. The second-order valence-electron chi connectivity index (χ2n) is 6.11. The number of halogens is 2. The second-order valence-corrected chi connectivity index (χ2v) is 6.98. The summed E-state index contributed by atoms with van der Waals surface area (Å²) in [4.78, 5) is 20.8. The Hall–Kier alpha value is -1.98. The van der Waals surface area contributed by atoms with Gasteiger partial charge in [0.15, 0.2) is 0 Å². The number of carbonyl (C=O) groups is 1. The van der Waals surface area contributed by atoms with Crippen molar-refractivity contribution >= 4 is 34.9 Å². The highest BCUT2D eigenvalue weighted by atomic mass is 35.5. The average Bonchev–Trinajstić information content (AvgIpc) is 2.67. The Morgan fingerprint density at radius 1 is 1.00 bits per heavy atom. The number of anilines is 1. The van der Waals surface area contributed by atoms with Gasteiger partial charge >= 0.3 is 0 Å². The molecular formula is C19H21Cl2N3O2. The SMILES string of the molecule is O=C(CCCOc1ccc(Cl)cc1)N1CCN(c2ccc(Cl)cn2)CC1.